The van der Waals surface area contributed by atoms with Gasteiger partial charge in [0.05, 0.1) is 24.5 Å². The van der Waals surface area contributed by atoms with Crippen LogP contribution in [0.3, 0.4) is 0 Å². The van der Waals surface area contributed by atoms with E-state index in [0.717, 1.165) is 0 Å². The van der Waals surface area contributed by atoms with Gasteiger partial charge in [-0.15, -0.1) is 0 Å². The summed E-state index contributed by atoms with van der Waals surface area (Å²) in [7, 11) is 1.23. The molecule has 122 valence electrons. The first-order valence-corrected chi connectivity index (χ1v) is 6.62. The average Bonchev–Trinajstić information content (AvgIpc) is 2.92. The van der Waals surface area contributed by atoms with Crippen LogP contribution in [-0.2, 0) is 20.4 Å². The number of rotatable bonds is 4. The highest BCUT2D eigenvalue weighted by Crippen LogP contribution is 2.36. The van der Waals surface area contributed by atoms with Crippen LogP contribution in [0.5, 0.6) is 0 Å². The summed E-state index contributed by atoms with van der Waals surface area (Å²) < 4.78 is 61.9. The Morgan fingerprint density at radius 2 is 2.14 bits per heavy atom. The average molecular weight is 321 g/mol. The molecule has 1 aliphatic heterocycles. The molecule has 1 saturated heterocycles. The minimum atomic E-state index is -4.74. The van der Waals surface area contributed by atoms with Crippen molar-refractivity contribution in [2.24, 2.45) is 0 Å². The van der Waals surface area contributed by atoms with Gasteiger partial charge in [-0.3, -0.25) is 0 Å². The first-order chi connectivity index (χ1) is 10.3. The van der Waals surface area contributed by atoms with Gasteiger partial charge in [0.25, 0.3) is 0 Å². The molecule has 1 fully saturated rings. The van der Waals surface area contributed by atoms with E-state index in [2.05, 4.69) is 4.74 Å². The number of hydrogen-bond acceptors (Lipinski definition) is 4. The van der Waals surface area contributed by atoms with Crippen molar-refractivity contribution < 1.29 is 31.8 Å². The van der Waals surface area contributed by atoms with E-state index < -0.39 is 23.5 Å². The predicted molar refractivity (Wildman–Crippen MR) is 70.0 cm³/mol. The summed E-state index contributed by atoms with van der Waals surface area (Å²) >= 11 is 0. The summed E-state index contributed by atoms with van der Waals surface area (Å²) in [6.45, 7) is 0.333. The van der Waals surface area contributed by atoms with E-state index in [4.69, 9.17) is 4.74 Å². The summed E-state index contributed by atoms with van der Waals surface area (Å²) in [5, 5.41) is 0. The van der Waals surface area contributed by atoms with Crippen molar-refractivity contribution in [2.75, 3.05) is 31.7 Å². The second-order valence-corrected chi connectivity index (χ2v) is 4.88. The third-order valence-corrected chi connectivity index (χ3v) is 3.43. The van der Waals surface area contributed by atoms with Crippen molar-refractivity contribution >= 4 is 11.7 Å². The van der Waals surface area contributed by atoms with Crippen molar-refractivity contribution in [1.29, 1.82) is 0 Å². The van der Waals surface area contributed by atoms with Crippen molar-refractivity contribution in [2.45, 2.75) is 18.7 Å². The third-order valence-electron chi connectivity index (χ3n) is 3.43. The summed E-state index contributed by atoms with van der Waals surface area (Å²) in [6, 6.07) is 3.18. The molecular weight excluding hydrogens is 306 g/mol. The van der Waals surface area contributed by atoms with E-state index in [1.807, 2.05) is 0 Å². The van der Waals surface area contributed by atoms with Gasteiger partial charge in [-0.25, -0.2) is 9.18 Å². The van der Waals surface area contributed by atoms with Gasteiger partial charge in [0.1, 0.15) is 6.61 Å². The number of alkyl halides is 3. The number of hydrogen-bond donors (Lipinski definition) is 0. The van der Waals surface area contributed by atoms with E-state index in [1.165, 1.54) is 24.1 Å². The Labute approximate surface area is 124 Å². The molecule has 0 amide bonds. The minimum Gasteiger partial charge on any atom is -0.467 e. The molecule has 1 heterocycles. The molecule has 1 aromatic carbocycles. The standard InChI is InChI=1S/C14H15F4NO3/c1-21-12(20)8-22-9-5-6-19(7-9)11-4-2-3-10(13(11)15)14(16,17)18/h2-4,9H,5-8H2,1H3. The van der Waals surface area contributed by atoms with Gasteiger partial charge >= 0.3 is 12.1 Å². The maximum Gasteiger partial charge on any atom is 0.419 e. The highest BCUT2D eigenvalue weighted by molar-refractivity contribution is 5.70. The number of methoxy groups -OCH3 is 1. The number of nitrogens with zero attached hydrogens (tertiary/aromatic N) is 1. The third kappa shape index (κ3) is 3.68. The van der Waals surface area contributed by atoms with Gasteiger partial charge in [0.15, 0.2) is 5.82 Å². The number of benzene rings is 1. The molecule has 0 bridgehead atoms. The molecule has 2 rings (SSSR count). The zero-order valence-corrected chi connectivity index (χ0v) is 11.8. The monoisotopic (exact) mass is 321 g/mol. The van der Waals surface area contributed by atoms with E-state index in [1.54, 1.807) is 0 Å². The number of carbonyl (C=O) groups is 1. The summed E-state index contributed by atoms with van der Waals surface area (Å²) in [5.74, 6) is -1.83. The molecule has 4 nitrogen and oxygen atoms in total. The maximum atomic E-state index is 14.0. The molecule has 0 aliphatic carbocycles. The van der Waals surface area contributed by atoms with E-state index in [-0.39, 0.29) is 24.9 Å². The molecule has 0 saturated carbocycles. The molecule has 0 N–H and O–H groups in total. The van der Waals surface area contributed by atoms with Crippen LogP contribution in [0.25, 0.3) is 0 Å². The van der Waals surface area contributed by atoms with Gasteiger partial charge in [0, 0.05) is 13.1 Å². The Balaban J connectivity index is 2.06. The zero-order valence-electron chi connectivity index (χ0n) is 11.8. The van der Waals surface area contributed by atoms with E-state index >= 15 is 0 Å². The Kier molecular flexibility index (Phi) is 4.90. The van der Waals surface area contributed by atoms with Crippen molar-refractivity contribution in [3.63, 3.8) is 0 Å². The lowest BCUT2D eigenvalue weighted by molar-refractivity contribution is -0.147. The largest absolute Gasteiger partial charge is 0.467 e. The molecule has 22 heavy (non-hydrogen) atoms. The minimum absolute atomic E-state index is 0.112. The van der Waals surface area contributed by atoms with Gasteiger partial charge in [-0.2, -0.15) is 13.2 Å². The lowest BCUT2D eigenvalue weighted by Crippen LogP contribution is -2.26. The SMILES string of the molecule is COC(=O)COC1CCN(c2cccc(C(F)(F)F)c2F)C1. The van der Waals surface area contributed by atoms with Crippen molar-refractivity contribution in [3.05, 3.63) is 29.6 Å². The van der Waals surface area contributed by atoms with Crippen LogP contribution in [0.1, 0.15) is 12.0 Å². The van der Waals surface area contributed by atoms with E-state index in [0.29, 0.717) is 19.0 Å². The fourth-order valence-electron chi connectivity index (χ4n) is 2.31. The fourth-order valence-corrected chi connectivity index (χ4v) is 2.31. The Morgan fingerprint density at radius 1 is 1.41 bits per heavy atom. The van der Waals surface area contributed by atoms with Gasteiger partial charge in [-0.1, -0.05) is 6.07 Å². The fraction of sp³-hybridized carbons (Fsp3) is 0.500. The van der Waals surface area contributed by atoms with Crippen LogP contribution in [0.2, 0.25) is 0 Å². The number of anilines is 1. The van der Waals surface area contributed by atoms with Gasteiger partial charge in [0.2, 0.25) is 0 Å². The van der Waals surface area contributed by atoms with Crippen LogP contribution in [0.15, 0.2) is 18.2 Å². The quantitative estimate of drug-likeness (QED) is 0.631. The molecule has 0 radical (unpaired) electrons. The first kappa shape index (κ1) is 16.5. The molecule has 0 aromatic heterocycles. The maximum absolute atomic E-state index is 14.0. The van der Waals surface area contributed by atoms with Crippen molar-refractivity contribution in [3.8, 4) is 0 Å². The van der Waals surface area contributed by atoms with Crippen molar-refractivity contribution in [1.82, 2.24) is 0 Å². The van der Waals surface area contributed by atoms with Crippen LogP contribution >= 0.6 is 0 Å². The summed E-state index contributed by atoms with van der Waals surface area (Å²) in [4.78, 5) is 12.5. The lowest BCUT2D eigenvalue weighted by atomic mass is 10.1. The predicted octanol–water partition coefficient (Wildman–Crippen LogP) is 2.61. The summed E-state index contributed by atoms with van der Waals surface area (Å²) in [6.07, 6.45) is -4.60. The first-order valence-electron chi connectivity index (χ1n) is 6.62. The van der Waals surface area contributed by atoms with Crippen LogP contribution in [0, 0.1) is 5.82 Å². The number of halogens is 4. The van der Waals surface area contributed by atoms with E-state index in [9.17, 15) is 22.4 Å². The number of ether oxygens (including phenoxy) is 2. The zero-order chi connectivity index (χ0) is 16.3. The summed E-state index contributed by atoms with van der Waals surface area (Å²) in [5.41, 5.74) is -1.40. The highest BCUT2D eigenvalue weighted by Gasteiger charge is 2.36. The topological polar surface area (TPSA) is 38.8 Å². The molecule has 1 unspecified atom stereocenters. The second kappa shape index (κ2) is 6.51. The molecule has 1 aromatic rings. The Morgan fingerprint density at radius 3 is 2.77 bits per heavy atom. The Hall–Kier alpha value is -1.83. The Bertz CT molecular complexity index is 547. The normalized spacial score (nSPS) is 18.6. The highest BCUT2D eigenvalue weighted by atomic mass is 19.4. The second-order valence-electron chi connectivity index (χ2n) is 4.88. The van der Waals surface area contributed by atoms with Gasteiger partial charge < -0.3 is 14.4 Å². The molecule has 0 spiro atoms. The van der Waals surface area contributed by atoms with Gasteiger partial charge in [-0.05, 0) is 18.6 Å². The van der Waals surface area contributed by atoms with Crippen LogP contribution < -0.4 is 4.90 Å². The van der Waals surface area contributed by atoms with Crippen LogP contribution in [0.4, 0.5) is 23.2 Å². The van der Waals surface area contributed by atoms with Crippen LogP contribution in [-0.4, -0.2) is 38.9 Å². The molecule has 1 aliphatic rings. The lowest BCUT2D eigenvalue weighted by Gasteiger charge is -2.21. The number of carbonyl (C=O) groups excluding carboxylic acids is 1. The molecular formula is C14H15F4NO3. The molecule has 8 heteroatoms. The number of esters is 1. The smallest absolute Gasteiger partial charge is 0.419 e. The molecule has 1 atom stereocenters.